The zero-order valence-electron chi connectivity index (χ0n) is 14.5. The van der Waals surface area contributed by atoms with Crippen molar-refractivity contribution in [1.82, 2.24) is 10.3 Å². The highest BCUT2D eigenvalue weighted by atomic mass is 16.5. The smallest absolute Gasteiger partial charge is 0.308 e. The summed E-state index contributed by atoms with van der Waals surface area (Å²) >= 11 is 0. The summed E-state index contributed by atoms with van der Waals surface area (Å²) in [7, 11) is 0. The van der Waals surface area contributed by atoms with E-state index >= 15 is 0 Å². The second kappa shape index (κ2) is 8.28. The number of nitrogens with one attached hydrogen (secondary N) is 1. The van der Waals surface area contributed by atoms with E-state index in [9.17, 15) is 14.7 Å². The van der Waals surface area contributed by atoms with Crippen LogP contribution in [0.3, 0.4) is 0 Å². The molecule has 0 aliphatic heterocycles. The van der Waals surface area contributed by atoms with E-state index in [1.54, 1.807) is 31.2 Å². The Labute approximate surface area is 146 Å². The van der Waals surface area contributed by atoms with Crippen LogP contribution >= 0.6 is 0 Å². The first-order chi connectivity index (χ1) is 11.9. The van der Waals surface area contributed by atoms with Crippen molar-refractivity contribution in [2.24, 2.45) is 5.92 Å². The molecule has 0 spiro atoms. The van der Waals surface area contributed by atoms with Gasteiger partial charge >= 0.3 is 5.97 Å². The third-order valence-corrected chi connectivity index (χ3v) is 3.69. The van der Waals surface area contributed by atoms with Gasteiger partial charge in [-0.3, -0.25) is 9.59 Å². The van der Waals surface area contributed by atoms with Crippen LogP contribution in [0.15, 0.2) is 48.7 Å². The molecule has 25 heavy (non-hydrogen) atoms. The fourth-order valence-electron chi connectivity index (χ4n) is 2.35. The number of ether oxygens (including phenoxy) is 1. The number of pyridine rings is 1. The molecule has 1 amide bonds. The van der Waals surface area contributed by atoms with Crippen LogP contribution in [0.5, 0.6) is 5.88 Å². The van der Waals surface area contributed by atoms with Gasteiger partial charge in [-0.25, -0.2) is 4.98 Å². The predicted molar refractivity (Wildman–Crippen MR) is 93.5 cm³/mol. The summed E-state index contributed by atoms with van der Waals surface area (Å²) in [5.41, 5.74) is 1.08. The first kappa shape index (κ1) is 18.4. The average Bonchev–Trinajstić information content (AvgIpc) is 2.59. The van der Waals surface area contributed by atoms with Gasteiger partial charge in [0, 0.05) is 12.3 Å². The molecule has 6 heteroatoms. The van der Waals surface area contributed by atoms with E-state index in [0.717, 1.165) is 5.56 Å². The molecule has 0 aliphatic carbocycles. The SMILES string of the molecule is CC(C)Oc1ccc(C(=O)NC(c2ccccc2)C(C)C(=O)O)cn1. The van der Waals surface area contributed by atoms with Crippen LogP contribution in [0.2, 0.25) is 0 Å². The number of aromatic nitrogens is 1. The minimum absolute atomic E-state index is 0.00828. The molecule has 0 aliphatic rings. The Balaban J connectivity index is 2.18. The maximum absolute atomic E-state index is 12.5. The molecule has 1 aromatic carbocycles. The highest BCUT2D eigenvalue weighted by Crippen LogP contribution is 2.23. The van der Waals surface area contributed by atoms with Gasteiger partial charge in [-0.15, -0.1) is 0 Å². The first-order valence-corrected chi connectivity index (χ1v) is 8.09. The Hall–Kier alpha value is -2.89. The molecule has 2 unspecified atom stereocenters. The predicted octanol–water partition coefficient (Wildman–Crippen LogP) is 3.06. The second-order valence-electron chi connectivity index (χ2n) is 6.04. The highest BCUT2D eigenvalue weighted by molar-refractivity contribution is 5.94. The number of hydrogen-bond donors (Lipinski definition) is 2. The molecule has 0 radical (unpaired) electrons. The Kier molecular flexibility index (Phi) is 6.11. The first-order valence-electron chi connectivity index (χ1n) is 8.09. The topological polar surface area (TPSA) is 88.5 Å². The quantitative estimate of drug-likeness (QED) is 0.807. The monoisotopic (exact) mass is 342 g/mol. The Morgan fingerprint density at radius 1 is 1.08 bits per heavy atom. The van der Waals surface area contributed by atoms with Crippen molar-refractivity contribution >= 4 is 11.9 Å². The number of carbonyl (C=O) groups is 2. The van der Waals surface area contributed by atoms with Crippen LogP contribution in [-0.4, -0.2) is 28.1 Å². The summed E-state index contributed by atoms with van der Waals surface area (Å²) in [6.45, 7) is 5.35. The van der Waals surface area contributed by atoms with Gasteiger partial charge in [-0.2, -0.15) is 0 Å². The number of aliphatic carboxylic acids is 1. The molecule has 0 saturated carbocycles. The number of rotatable bonds is 7. The molecule has 6 nitrogen and oxygen atoms in total. The van der Waals surface area contributed by atoms with Crippen LogP contribution in [-0.2, 0) is 4.79 Å². The summed E-state index contributed by atoms with van der Waals surface area (Å²) in [6, 6.07) is 11.6. The van der Waals surface area contributed by atoms with Crippen molar-refractivity contribution in [2.45, 2.75) is 32.9 Å². The van der Waals surface area contributed by atoms with Crippen molar-refractivity contribution in [3.05, 3.63) is 59.8 Å². The second-order valence-corrected chi connectivity index (χ2v) is 6.04. The maximum Gasteiger partial charge on any atom is 0.308 e. The molecule has 1 aromatic heterocycles. The minimum atomic E-state index is -0.979. The molecule has 2 N–H and O–H groups in total. The Morgan fingerprint density at radius 2 is 1.76 bits per heavy atom. The fraction of sp³-hybridized carbons (Fsp3) is 0.316. The van der Waals surface area contributed by atoms with Gasteiger partial charge in [0.15, 0.2) is 0 Å². The molecule has 0 bridgehead atoms. The average molecular weight is 342 g/mol. The van der Waals surface area contributed by atoms with E-state index in [4.69, 9.17) is 4.74 Å². The van der Waals surface area contributed by atoms with Crippen molar-refractivity contribution in [3.8, 4) is 5.88 Å². The van der Waals surface area contributed by atoms with Crippen LogP contribution < -0.4 is 10.1 Å². The van der Waals surface area contributed by atoms with E-state index in [0.29, 0.717) is 11.4 Å². The van der Waals surface area contributed by atoms with Gasteiger partial charge < -0.3 is 15.2 Å². The van der Waals surface area contributed by atoms with E-state index < -0.39 is 17.9 Å². The van der Waals surface area contributed by atoms with Crippen LogP contribution in [0.1, 0.15) is 42.7 Å². The summed E-state index contributed by atoms with van der Waals surface area (Å²) in [5, 5.41) is 12.1. The van der Waals surface area contributed by atoms with E-state index in [1.807, 2.05) is 32.0 Å². The van der Waals surface area contributed by atoms with Gasteiger partial charge in [0.1, 0.15) is 0 Å². The number of carboxylic acids is 1. The van der Waals surface area contributed by atoms with Crippen molar-refractivity contribution in [1.29, 1.82) is 0 Å². The largest absolute Gasteiger partial charge is 0.481 e. The van der Waals surface area contributed by atoms with Crippen LogP contribution in [0.25, 0.3) is 0 Å². The molecular weight excluding hydrogens is 320 g/mol. The summed E-state index contributed by atoms with van der Waals surface area (Å²) < 4.78 is 5.45. The summed E-state index contributed by atoms with van der Waals surface area (Å²) in [4.78, 5) is 28.0. The van der Waals surface area contributed by atoms with Crippen molar-refractivity contribution < 1.29 is 19.4 Å². The normalized spacial score (nSPS) is 13.1. The van der Waals surface area contributed by atoms with E-state index in [1.165, 1.54) is 6.20 Å². The molecule has 2 atom stereocenters. The standard InChI is InChI=1S/C19H22N2O4/c1-12(2)25-16-10-9-15(11-20-16)18(22)21-17(13(3)19(23)24)14-7-5-4-6-8-14/h4-13,17H,1-3H3,(H,21,22)(H,23,24). The lowest BCUT2D eigenvalue weighted by Crippen LogP contribution is -2.35. The van der Waals surface area contributed by atoms with Gasteiger partial charge in [0.25, 0.3) is 5.91 Å². The third kappa shape index (κ3) is 5.04. The molecule has 0 fully saturated rings. The Morgan fingerprint density at radius 3 is 2.28 bits per heavy atom. The van der Waals surface area contributed by atoms with Crippen LogP contribution in [0, 0.1) is 5.92 Å². The lowest BCUT2D eigenvalue weighted by molar-refractivity contribution is -0.142. The third-order valence-electron chi connectivity index (χ3n) is 3.69. The molecule has 132 valence electrons. The number of carbonyl (C=O) groups excluding carboxylic acids is 1. The minimum Gasteiger partial charge on any atom is -0.481 e. The molecule has 2 aromatic rings. The van der Waals surface area contributed by atoms with E-state index in [2.05, 4.69) is 10.3 Å². The lowest BCUT2D eigenvalue weighted by Gasteiger charge is -2.23. The highest BCUT2D eigenvalue weighted by Gasteiger charge is 2.27. The molecule has 0 saturated heterocycles. The fourth-order valence-corrected chi connectivity index (χ4v) is 2.35. The number of hydrogen-bond acceptors (Lipinski definition) is 4. The Bertz CT molecular complexity index is 714. The maximum atomic E-state index is 12.5. The van der Waals surface area contributed by atoms with Gasteiger partial charge in [0.2, 0.25) is 5.88 Å². The molecular formula is C19H22N2O4. The summed E-state index contributed by atoms with van der Waals surface area (Å²) in [6.07, 6.45) is 1.41. The van der Waals surface area contributed by atoms with Crippen molar-refractivity contribution in [3.63, 3.8) is 0 Å². The number of benzene rings is 1. The molecule has 2 rings (SSSR count). The van der Waals surface area contributed by atoms with Crippen LogP contribution in [0.4, 0.5) is 0 Å². The zero-order chi connectivity index (χ0) is 18.4. The van der Waals surface area contributed by atoms with Gasteiger partial charge in [-0.05, 0) is 32.4 Å². The zero-order valence-corrected chi connectivity index (χ0v) is 14.5. The number of carboxylic acid groups (broad SMARTS) is 1. The summed E-state index contributed by atoms with van der Waals surface area (Å²) in [5.74, 6) is -1.70. The lowest BCUT2D eigenvalue weighted by atomic mass is 9.94. The van der Waals surface area contributed by atoms with Gasteiger partial charge in [-0.1, -0.05) is 30.3 Å². The van der Waals surface area contributed by atoms with E-state index in [-0.39, 0.29) is 12.0 Å². The number of amides is 1. The van der Waals surface area contributed by atoms with Crippen molar-refractivity contribution in [2.75, 3.05) is 0 Å². The van der Waals surface area contributed by atoms with Gasteiger partial charge in [0.05, 0.1) is 23.6 Å². The number of nitrogens with zero attached hydrogens (tertiary/aromatic N) is 1. The molecule has 1 heterocycles.